The molecule has 0 aromatic rings. The Morgan fingerprint density at radius 2 is 1.69 bits per heavy atom. The Morgan fingerprint density at radius 1 is 1.06 bits per heavy atom. The quantitative estimate of drug-likeness (QED) is 0.459. The maximum atomic E-state index is 2.36. The van der Waals surface area contributed by atoms with Crippen LogP contribution in [0.4, 0.5) is 0 Å². The molecule has 0 amide bonds. The number of allylic oxidation sites excluding steroid dienone is 4. The van der Waals surface area contributed by atoms with Gasteiger partial charge >= 0.3 is 0 Å². The topological polar surface area (TPSA) is 0 Å². The van der Waals surface area contributed by atoms with Gasteiger partial charge in [0.25, 0.3) is 0 Å². The third kappa shape index (κ3) is 10.0. The molecular formula is C16H30. The van der Waals surface area contributed by atoms with Gasteiger partial charge in [-0.3, -0.25) is 0 Å². The molecule has 0 fully saturated rings. The molecule has 0 nitrogen and oxygen atoms in total. The summed E-state index contributed by atoms with van der Waals surface area (Å²) in [7, 11) is 0. The molecule has 2 unspecified atom stereocenters. The summed E-state index contributed by atoms with van der Waals surface area (Å²) >= 11 is 0. The van der Waals surface area contributed by atoms with Gasteiger partial charge < -0.3 is 0 Å². The van der Waals surface area contributed by atoms with E-state index in [2.05, 4.69) is 52.8 Å². The SMILES string of the molecule is CCC(C)CCCC(C)C/C=C\C=C(C)C. The molecule has 0 spiro atoms. The van der Waals surface area contributed by atoms with Gasteiger partial charge in [0.1, 0.15) is 0 Å². The predicted octanol–water partition coefficient (Wildman–Crippen LogP) is 5.75. The van der Waals surface area contributed by atoms with Gasteiger partial charge in [0, 0.05) is 0 Å². The van der Waals surface area contributed by atoms with Crippen molar-refractivity contribution < 1.29 is 0 Å². The normalized spacial score (nSPS) is 15.1. The Balaban J connectivity index is 3.55. The fourth-order valence-electron chi connectivity index (χ4n) is 1.71. The van der Waals surface area contributed by atoms with Crippen LogP contribution in [-0.2, 0) is 0 Å². The third-order valence-electron chi connectivity index (χ3n) is 3.19. The summed E-state index contributed by atoms with van der Waals surface area (Å²) in [5, 5.41) is 0. The van der Waals surface area contributed by atoms with Crippen LogP contribution in [0.2, 0.25) is 0 Å². The van der Waals surface area contributed by atoms with E-state index in [9.17, 15) is 0 Å². The van der Waals surface area contributed by atoms with Crippen LogP contribution in [0.5, 0.6) is 0 Å². The first-order valence-electron chi connectivity index (χ1n) is 6.86. The van der Waals surface area contributed by atoms with Gasteiger partial charge in [-0.15, -0.1) is 0 Å². The minimum absolute atomic E-state index is 0.839. The Hall–Kier alpha value is -0.520. The number of rotatable bonds is 8. The molecule has 0 heteroatoms. The molecule has 0 bridgehead atoms. The second-order valence-corrected chi connectivity index (χ2v) is 5.46. The Labute approximate surface area is 103 Å². The summed E-state index contributed by atoms with van der Waals surface area (Å²) < 4.78 is 0. The highest BCUT2D eigenvalue weighted by Crippen LogP contribution is 2.17. The maximum absolute atomic E-state index is 2.36. The minimum Gasteiger partial charge on any atom is -0.0843 e. The van der Waals surface area contributed by atoms with Crippen molar-refractivity contribution in [1.82, 2.24) is 0 Å². The Morgan fingerprint density at radius 3 is 2.25 bits per heavy atom. The van der Waals surface area contributed by atoms with Crippen molar-refractivity contribution in [2.75, 3.05) is 0 Å². The van der Waals surface area contributed by atoms with Crippen LogP contribution < -0.4 is 0 Å². The molecule has 0 aromatic carbocycles. The first kappa shape index (κ1) is 15.5. The van der Waals surface area contributed by atoms with E-state index in [4.69, 9.17) is 0 Å². The highest BCUT2D eigenvalue weighted by Gasteiger charge is 2.02. The van der Waals surface area contributed by atoms with E-state index in [1.807, 2.05) is 0 Å². The van der Waals surface area contributed by atoms with Crippen LogP contribution in [0.1, 0.15) is 66.7 Å². The van der Waals surface area contributed by atoms with Gasteiger partial charge in [-0.25, -0.2) is 0 Å². The van der Waals surface area contributed by atoms with E-state index in [0.29, 0.717) is 0 Å². The summed E-state index contributed by atoms with van der Waals surface area (Å²) in [6, 6.07) is 0. The summed E-state index contributed by atoms with van der Waals surface area (Å²) in [6.07, 6.45) is 13.4. The number of hydrogen-bond acceptors (Lipinski definition) is 0. The van der Waals surface area contributed by atoms with E-state index < -0.39 is 0 Å². The lowest BCUT2D eigenvalue weighted by Gasteiger charge is -2.11. The van der Waals surface area contributed by atoms with Gasteiger partial charge in [0.15, 0.2) is 0 Å². The van der Waals surface area contributed by atoms with E-state index >= 15 is 0 Å². The molecule has 0 rings (SSSR count). The molecule has 2 atom stereocenters. The van der Waals surface area contributed by atoms with Crippen molar-refractivity contribution in [3.63, 3.8) is 0 Å². The van der Waals surface area contributed by atoms with Gasteiger partial charge in [-0.05, 0) is 32.1 Å². The van der Waals surface area contributed by atoms with Crippen LogP contribution >= 0.6 is 0 Å². The fourth-order valence-corrected chi connectivity index (χ4v) is 1.71. The largest absolute Gasteiger partial charge is 0.0843 e. The van der Waals surface area contributed by atoms with Crippen molar-refractivity contribution in [3.8, 4) is 0 Å². The average Bonchev–Trinajstić information content (AvgIpc) is 2.24. The van der Waals surface area contributed by atoms with Crippen molar-refractivity contribution >= 4 is 0 Å². The molecule has 0 N–H and O–H groups in total. The second kappa shape index (κ2) is 9.69. The summed E-state index contributed by atoms with van der Waals surface area (Å²) in [5.74, 6) is 1.75. The molecule has 0 aliphatic carbocycles. The molecule has 0 saturated heterocycles. The molecule has 94 valence electrons. The zero-order chi connectivity index (χ0) is 12.4. The monoisotopic (exact) mass is 222 g/mol. The lowest BCUT2D eigenvalue weighted by atomic mass is 9.95. The zero-order valence-corrected chi connectivity index (χ0v) is 11.9. The van der Waals surface area contributed by atoms with E-state index in [1.54, 1.807) is 0 Å². The van der Waals surface area contributed by atoms with E-state index in [0.717, 1.165) is 11.8 Å². The van der Waals surface area contributed by atoms with Crippen molar-refractivity contribution in [2.45, 2.75) is 66.7 Å². The van der Waals surface area contributed by atoms with Crippen LogP contribution in [0, 0.1) is 11.8 Å². The van der Waals surface area contributed by atoms with Crippen LogP contribution in [0.25, 0.3) is 0 Å². The standard InChI is InChI=1S/C16H30/c1-6-15(4)12-9-13-16(5)11-8-7-10-14(2)3/h7-8,10,15-16H,6,9,11-13H2,1-5H3/b8-7-. The van der Waals surface area contributed by atoms with Gasteiger partial charge in [0.05, 0.1) is 0 Å². The summed E-state index contributed by atoms with van der Waals surface area (Å²) in [5.41, 5.74) is 1.38. The smallest absolute Gasteiger partial charge is 0.0322 e. The molecule has 0 saturated carbocycles. The Bertz CT molecular complexity index is 206. The minimum atomic E-state index is 0.839. The molecule has 0 aliphatic rings. The van der Waals surface area contributed by atoms with Crippen LogP contribution in [-0.4, -0.2) is 0 Å². The molecule has 16 heavy (non-hydrogen) atoms. The highest BCUT2D eigenvalue weighted by molar-refractivity contribution is 5.08. The number of hydrogen-bond donors (Lipinski definition) is 0. The predicted molar refractivity (Wildman–Crippen MR) is 75.7 cm³/mol. The second-order valence-electron chi connectivity index (χ2n) is 5.46. The van der Waals surface area contributed by atoms with Crippen LogP contribution in [0.15, 0.2) is 23.8 Å². The van der Waals surface area contributed by atoms with Crippen LogP contribution in [0.3, 0.4) is 0 Å². The van der Waals surface area contributed by atoms with E-state index in [-0.39, 0.29) is 0 Å². The van der Waals surface area contributed by atoms with Crippen molar-refractivity contribution in [2.24, 2.45) is 11.8 Å². The average molecular weight is 222 g/mol. The molecule has 0 heterocycles. The summed E-state index contributed by atoms with van der Waals surface area (Å²) in [6.45, 7) is 11.3. The zero-order valence-electron chi connectivity index (χ0n) is 11.9. The lowest BCUT2D eigenvalue weighted by molar-refractivity contribution is 0.436. The first-order chi connectivity index (χ1) is 7.56. The van der Waals surface area contributed by atoms with Crippen molar-refractivity contribution in [1.29, 1.82) is 0 Å². The fraction of sp³-hybridized carbons (Fsp3) is 0.750. The summed E-state index contributed by atoms with van der Waals surface area (Å²) in [4.78, 5) is 0. The highest BCUT2D eigenvalue weighted by atomic mass is 14.1. The van der Waals surface area contributed by atoms with Crippen molar-refractivity contribution in [3.05, 3.63) is 23.8 Å². The first-order valence-corrected chi connectivity index (χ1v) is 6.86. The maximum Gasteiger partial charge on any atom is -0.0322 e. The lowest BCUT2D eigenvalue weighted by Crippen LogP contribution is -1.96. The molecule has 0 radical (unpaired) electrons. The molecule has 0 aromatic heterocycles. The van der Waals surface area contributed by atoms with Gasteiger partial charge in [0.2, 0.25) is 0 Å². The van der Waals surface area contributed by atoms with Gasteiger partial charge in [-0.2, -0.15) is 0 Å². The Kier molecular flexibility index (Phi) is 9.37. The third-order valence-corrected chi connectivity index (χ3v) is 3.19. The molecular weight excluding hydrogens is 192 g/mol. The molecule has 0 aliphatic heterocycles. The van der Waals surface area contributed by atoms with E-state index in [1.165, 1.54) is 37.7 Å². The van der Waals surface area contributed by atoms with Gasteiger partial charge in [-0.1, -0.05) is 70.3 Å².